The quantitative estimate of drug-likeness (QED) is 0.465. The maximum Gasteiger partial charge on any atom is 0.338 e. The first-order chi connectivity index (χ1) is 14.8. The first-order valence-corrected chi connectivity index (χ1v) is 10.8. The van der Waals surface area contributed by atoms with Crippen molar-refractivity contribution < 1.29 is 31.8 Å². The molecule has 0 radical (unpaired) electrons. The van der Waals surface area contributed by atoms with E-state index >= 15 is 0 Å². The summed E-state index contributed by atoms with van der Waals surface area (Å²) in [6, 6.07) is 17.2. The van der Waals surface area contributed by atoms with Crippen LogP contribution in [0.5, 0.6) is 11.5 Å². The molecule has 0 amide bonds. The average molecular weight is 445 g/mol. The number of ether oxygens (including phenoxy) is 3. The molecule has 0 saturated heterocycles. The number of benzene rings is 2. The third kappa shape index (κ3) is 5.44. The Morgan fingerprint density at radius 2 is 1.71 bits per heavy atom. The normalized spacial score (nSPS) is 11.4. The molecular weight excluding hydrogens is 422 g/mol. The fourth-order valence-electron chi connectivity index (χ4n) is 2.62. The third-order valence-corrected chi connectivity index (χ3v) is 6.04. The van der Waals surface area contributed by atoms with E-state index in [4.69, 9.17) is 18.6 Å². The number of methoxy groups -OCH3 is 1. The van der Waals surface area contributed by atoms with E-state index in [1.54, 1.807) is 12.1 Å². The van der Waals surface area contributed by atoms with Crippen molar-refractivity contribution in [2.24, 2.45) is 0 Å². The summed E-state index contributed by atoms with van der Waals surface area (Å²) in [5, 5.41) is -0.217. The largest absolute Gasteiger partial charge is 0.493 e. The maximum absolute atomic E-state index is 12.4. The number of esters is 1. The molecule has 0 atom stereocenters. The fourth-order valence-corrected chi connectivity index (χ4v) is 3.44. The molecule has 8 nitrogen and oxygen atoms in total. The van der Waals surface area contributed by atoms with Gasteiger partial charge in [-0.25, -0.2) is 17.5 Å². The van der Waals surface area contributed by atoms with Crippen LogP contribution in [0.1, 0.15) is 21.7 Å². The van der Waals surface area contributed by atoms with Crippen molar-refractivity contribution >= 4 is 16.0 Å². The van der Waals surface area contributed by atoms with Crippen molar-refractivity contribution in [2.45, 2.75) is 18.3 Å². The van der Waals surface area contributed by atoms with Gasteiger partial charge >= 0.3 is 5.97 Å². The lowest BCUT2D eigenvalue weighted by molar-refractivity contribution is 0.0440. The van der Waals surface area contributed by atoms with E-state index in [9.17, 15) is 13.2 Å². The Balaban J connectivity index is 1.63. The van der Waals surface area contributed by atoms with Crippen LogP contribution in [0.25, 0.3) is 0 Å². The summed E-state index contributed by atoms with van der Waals surface area (Å²) >= 11 is 0. The molecule has 1 aromatic heterocycles. The van der Waals surface area contributed by atoms with Gasteiger partial charge in [0.2, 0.25) is 5.09 Å². The van der Waals surface area contributed by atoms with Gasteiger partial charge in [0.05, 0.1) is 12.7 Å². The minimum Gasteiger partial charge on any atom is -0.493 e. The molecule has 0 unspecified atom stereocenters. The molecule has 0 bridgehead atoms. The summed E-state index contributed by atoms with van der Waals surface area (Å²) in [4.78, 5) is 12.4. The molecular formula is C22H23NO7S. The van der Waals surface area contributed by atoms with Gasteiger partial charge < -0.3 is 18.6 Å². The van der Waals surface area contributed by atoms with Gasteiger partial charge in [-0.05, 0) is 35.9 Å². The molecule has 0 fully saturated rings. The zero-order chi connectivity index (χ0) is 22.4. The van der Waals surface area contributed by atoms with Gasteiger partial charge in [0.1, 0.15) is 19.0 Å². The highest BCUT2D eigenvalue weighted by Crippen LogP contribution is 2.29. The molecule has 3 aromatic rings. The number of furan rings is 1. The van der Waals surface area contributed by atoms with E-state index in [-0.39, 0.29) is 23.0 Å². The molecule has 0 N–H and O–H groups in total. The van der Waals surface area contributed by atoms with Crippen LogP contribution in [-0.4, -0.2) is 39.9 Å². The van der Waals surface area contributed by atoms with Gasteiger partial charge in [0.15, 0.2) is 11.5 Å². The predicted molar refractivity (Wildman–Crippen MR) is 112 cm³/mol. The Morgan fingerprint density at radius 1 is 0.968 bits per heavy atom. The van der Waals surface area contributed by atoms with Crippen LogP contribution in [0.3, 0.4) is 0 Å². The second-order valence-corrected chi connectivity index (χ2v) is 8.81. The summed E-state index contributed by atoms with van der Waals surface area (Å²) in [6.07, 6.45) is 0. The van der Waals surface area contributed by atoms with Crippen molar-refractivity contribution in [1.82, 2.24) is 4.31 Å². The fraction of sp³-hybridized carbons (Fsp3) is 0.227. The topological polar surface area (TPSA) is 95.3 Å². The smallest absolute Gasteiger partial charge is 0.338 e. The van der Waals surface area contributed by atoms with E-state index < -0.39 is 16.0 Å². The Hall–Kier alpha value is -3.30. The summed E-state index contributed by atoms with van der Waals surface area (Å²) in [6.45, 7) is 0.147. The molecule has 0 aliphatic carbocycles. The lowest BCUT2D eigenvalue weighted by atomic mass is 10.2. The van der Waals surface area contributed by atoms with Crippen LogP contribution < -0.4 is 9.47 Å². The number of nitrogens with zero attached hydrogens (tertiary/aromatic N) is 1. The SMILES string of the molecule is COc1cc(C(=O)OCc2ccc(S(=O)(=O)N(C)C)o2)ccc1OCc1ccccc1. The zero-order valence-corrected chi connectivity index (χ0v) is 18.2. The number of hydrogen-bond donors (Lipinski definition) is 0. The summed E-state index contributed by atoms with van der Waals surface area (Å²) in [5.74, 6) is 0.486. The third-order valence-electron chi connectivity index (χ3n) is 4.35. The van der Waals surface area contributed by atoms with Crippen LogP contribution >= 0.6 is 0 Å². The monoisotopic (exact) mass is 445 g/mol. The standard InChI is InChI=1S/C22H23NO7S/c1-23(2)31(25,26)21-12-10-18(30-21)15-29-22(24)17-9-11-19(20(13-17)27-3)28-14-16-7-5-4-6-8-16/h4-13H,14-15H2,1-3H3. The molecule has 0 aliphatic rings. The molecule has 0 saturated carbocycles. The van der Waals surface area contributed by atoms with Gasteiger partial charge in [-0.15, -0.1) is 0 Å². The van der Waals surface area contributed by atoms with Gasteiger partial charge in [-0.3, -0.25) is 0 Å². The second-order valence-electron chi connectivity index (χ2n) is 6.72. The lowest BCUT2D eigenvalue weighted by Crippen LogP contribution is -2.21. The number of hydrogen-bond acceptors (Lipinski definition) is 7. The molecule has 0 spiro atoms. The molecule has 2 aromatic carbocycles. The van der Waals surface area contributed by atoms with Crippen molar-refractivity contribution in [1.29, 1.82) is 0 Å². The van der Waals surface area contributed by atoms with Gasteiger partial charge in [0, 0.05) is 14.1 Å². The van der Waals surface area contributed by atoms with Gasteiger partial charge in [-0.1, -0.05) is 30.3 Å². The number of sulfonamides is 1. The van der Waals surface area contributed by atoms with Crippen molar-refractivity contribution in [3.05, 3.63) is 77.6 Å². The number of carbonyl (C=O) groups excluding carboxylic acids is 1. The maximum atomic E-state index is 12.4. The van der Waals surface area contributed by atoms with E-state index in [0.29, 0.717) is 18.1 Å². The van der Waals surface area contributed by atoms with Gasteiger partial charge in [-0.2, -0.15) is 0 Å². The number of carbonyl (C=O) groups is 1. The molecule has 31 heavy (non-hydrogen) atoms. The summed E-state index contributed by atoms with van der Waals surface area (Å²) in [7, 11) is 0.593. The van der Waals surface area contributed by atoms with E-state index in [1.165, 1.54) is 39.4 Å². The lowest BCUT2D eigenvalue weighted by Gasteiger charge is -2.12. The highest BCUT2D eigenvalue weighted by atomic mass is 32.2. The molecule has 9 heteroatoms. The summed E-state index contributed by atoms with van der Waals surface area (Å²) in [5.41, 5.74) is 1.26. The Labute approximate surface area is 181 Å². The second kappa shape index (κ2) is 9.67. The van der Waals surface area contributed by atoms with Gasteiger partial charge in [0.25, 0.3) is 10.0 Å². The molecule has 0 aliphatic heterocycles. The minimum absolute atomic E-state index is 0.212. The molecule has 1 heterocycles. The van der Waals surface area contributed by atoms with Crippen LogP contribution in [0.15, 0.2) is 70.2 Å². The van der Waals surface area contributed by atoms with Crippen LogP contribution in [0, 0.1) is 0 Å². The highest BCUT2D eigenvalue weighted by Gasteiger charge is 2.22. The van der Waals surface area contributed by atoms with E-state index in [2.05, 4.69) is 0 Å². The Bertz CT molecular complexity index is 1140. The molecule has 164 valence electrons. The van der Waals surface area contributed by atoms with E-state index in [0.717, 1.165) is 9.87 Å². The predicted octanol–water partition coefficient (Wildman–Crippen LogP) is 3.47. The minimum atomic E-state index is -3.69. The van der Waals surface area contributed by atoms with Crippen LogP contribution in [-0.2, 0) is 28.0 Å². The van der Waals surface area contributed by atoms with Crippen molar-refractivity contribution in [2.75, 3.05) is 21.2 Å². The van der Waals surface area contributed by atoms with Crippen LogP contribution in [0.2, 0.25) is 0 Å². The Morgan fingerprint density at radius 3 is 2.39 bits per heavy atom. The highest BCUT2D eigenvalue weighted by molar-refractivity contribution is 7.88. The summed E-state index contributed by atoms with van der Waals surface area (Å²) < 4.78 is 46.8. The zero-order valence-electron chi connectivity index (χ0n) is 17.4. The average Bonchev–Trinajstić information content (AvgIpc) is 3.26. The first kappa shape index (κ1) is 22.4. The number of rotatable bonds is 9. The molecule has 3 rings (SSSR count). The Kier molecular flexibility index (Phi) is 6.98. The van der Waals surface area contributed by atoms with Crippen molar-refractivity contribution in [3.8, 4) is 11.5 Å². The van der Waals surface area contributed by atoms with Crippen molar-refractivity contribution in [3.63, 3.8) is 0 Å². The van der Waals surface area contributed by atoms with Crippen LogP contribution in [0.4, 0.5) is 0 Å². The van der Waals surface area contributed by atoms with E-state index in [1.807, 2.05) is 30.3 Å². The first-order valence-electron chi connectivity index (χ1n) is 9.34.